The van der Waals surface area contributed by atoms with Crippen LogP contribution in [0.15, 0.2) is 36.8 Å². The average molecular weight is 484 g/mol. The number of urea groups is 1. The van der Waals surface area contributed by atoms with E-state index in [1.54, 1.807) is 34.2 Å². The molecule has 3 amide bonds. The first-order valence-electron chi connectivity index (χ1n) is 11.0. The van der Waals surface area contributed by atoms with Crippen molar-refractivity contribution in [2.45, 2.75) is 51.5 Å². The number of nitrogens with one attached hydrogen (secondary N) is 1. The molecule has 1 fully saturated rings. The van der Waals surface area contributed by atoms with Crippen molar-refractivity contribution >= 4 is 23.3 Å². The molecule has 1 N–H and O–H groups in total. The molecule has 0 radical (unpaired) electrons. The maximum absolute atomic E-state index is 13.4. The van der Waals surface area contributed by atoms with Crippen LogP contribution in [0.3, 0.4) is 0 Å². The van der Waals surface area contributed by atoms with Crippen LogP contribution in [0.2, 0.25) is 0 Å². The highest BCUT2D eigenvalue weighted by Gasteiger charge is 2.42. The summed E-state index contributed by atoms with van der Waals surface area (Å²) in [5.41, 5.74) is 1.20. The Morgan fingerprint density at radius 2 is 1.89 bits per heavy atom. The van der Waals surface area contributed by atoms with Gasteiger partial charge in [-0.15, -0.1) is 0 Å². The number of fused-ring (bicyclic) bond motifs is 1. The summed E-state index contributed by atoms with van der Waals surface area (Å²) in [4.78, 5) is 40.2. The van der Waals surface area contributed by atoms with Gasteiger partial charge in [0.15, 0.2) is 0 Å². The number of aromatic nitrogens is 5. The lowest BCUT2D eigenvalue weighted by Gasteiger charge is -2.35. The lowest BCUT2D eigenvalue weighted by molar-refractivity contribution is -0.117. The summed E-state index contributed by atoms with van der Waals surface area (Å²) in [7, 11) is 0. The molecule has 11 nitrogen and oxygen atoms in total. The van der Waals surface area contributed by atoms with Crippen molar-refractivity contribution in [3.05, 3.63) is 54.4 Å². The fourth-order valence-electron chi connectivity index (χ4n) is 4.40. The second-order valence-corrected chi connectivity index (χ2v) is 8.46. The second kappa shape index (κ2) is 8.89. The van der Waals surface area contributed by atoms with Crippen LogP contribution in [-0.2, 0) is 17.9 Å². The SMILES string of the molecule is C[C@H]1Cn2ncc(N3C(=O)C[C@H](Oc4ncccn4)[C@@H]3C)c2CN1C(=O)Nc1cc(F)nc(F)c1. The fraction of sp³-hybridized carbons (Fsp3) is 0.364. The van der Waals surface area contributed by atoms with Crippen molar-refractivity contribution in [1.82, 2.24) is 29.6 Å². The highest BCUT2D eigenvalue weighted by molar-refractivity contribution is 5.97. The largest absolute Gasteiger partial charge is 0.457 e. The lowest BCUT2D eigenvalue weighted by Crippen LogP contribution is -2.47. The van der Waals surface area contributed by atoms with Gasteiger partial charge in [0.2, 0.25) is 17.8 Å². The number of ether oxygens (including phenoxy) is 1. The summed E-state index contributed by atoms with van der Waals surface area (Å²) in [5, 5.41) is 6.93. The van der Waals surface area contributed by atoms with E-state index < -0.39 is 24.0 Å². The topological polar surface area (TPSA) is 118 Å². The standard InChI is InChI=1S/C22H22F2N8O3/c1-12-10-31-16(11-30(12)22(34)28-14-6-18(23)29-19(24)7-14)15(9-27-31)32-13(2)17(8-20(32)33)35-21-25-4-3-5-26-21/h3-7,9,12-13,17H,8,10-11H2,1-2H3,(H,28,29,34)/t12-,13-,17-/m0/s1. The van der Waals surface area contributed by atoms with Crippen molar-refractivity contribution in [1.29, 1.82) is 0 Å². The first kappa shape index (κ1) is 22.6. The number of halogens is 2. The lowest BCUT2D eigenvalue weighted by atomic mass is 10.1. The zero-order chi connectivity index (χ0) is 24.7. The molecule has 3 aromatic rings. The first-order valence-corrected chi connectivity index (χ1v) is 11.0. The van der Waals surface area contributed by atoms with Crippen LogP contribution in [-0.4, -0.2) is 59.8 Å². The van der Waals surface area contributed by atoms with E-state index in [1.165, 1.54) is 4.90 Å². The zero-order valence-corrected chi connectivity index (χ0v) is 18.9. The van der Waals surface area contributed by atoms with Gasteiger partial charge >= 0.3 is 12.0 Å². The third kappa shape index (κ3) is 4.36. The van der Waals surface area contributed by atoms with Crippen LogP contribution in [0.4, 0.5) is 25.0 Å². The number of amides is 3. The molecular weight excluding hydrogens is 462 g/mol. The Kier molecular flexibility index (Phi) is 5.75. The summed E-state index contributed by atoms with van der Waals surface area (Å²) >= 11 is 0. The number of nitrogens with zero attached hydrogens (tertiary/aromatic N) is 7. The molecule has 0 unspecified atom stereocenters. The van der Waals surface area contributed by atoms with Crippen molar-refractivity contribution in [3.8, 4) is 6.01 Å². The maximum atomic E-state index is 13.4. The number of pyridine rings is 1. The van der Waals surface area contributed by atoms with Gasteiger partial charge in [0, 0.05) is 24.5 Å². The molecule has 0 saturated carbocycles. The van der Waals surface area contributed by atoms with Gasteiger partial charge in [0.25, 0.3) is 0 Å². The Morgan fingerprint density at radius 1 is 1.17 bits per heavy atom. The molecule has 0 bridgehead atoms. The Hall–Kier alpha value is -4.16. The highest BCUT2D eigenvalue weighted by Crippen LogP contribution is 2.34. The normalized spacial score (nSPS) is 21.7. The number of hydrogen-bond donors (Lipinski definition) is 1. The second-order valence-electron chi connectivity index (χ2n) is 8.46. The Labute approximate surface area is 198 Å². The molecule has 2 aliphatic heterocycles. The molecule has 5 rings (SSSR count). The molecule has 0 aliphatic carbocycles. The van der Waals surface area contributed by atoms with E-state index in [-0.39, 0.29) is 42.7 Å². The van der Waals surface area contributed by atoms with Crippen LogP contribution in [0.25, 0.3) is 0 Å². The number of anilines is 2. The molecule has 0 spiro atoms. The van der Waals surface area contributed by atoms with Crippen LogP contribution >= 0.6 is 0 Å². The predicted octanol–water partition coefficient (Wildman–Crippen LogP) is 2.36. The predicted molar refractivity (Wildman–Crippen MR) is 118 cm³/mol. The van der Waals surface area contributed by atoms with Crippen LogP contribution in [0.1, 0.15) is 26.0 Å². The van der Waals surface area contributed by atoms with Gasteiger partial charge < -0.3 is 19.9 Å². The van der Waals surface area contributed by atoms with E-state index in [4.69, 9.17) is 4.74 Å². The van der Waals surface area contributed by atoms with Gasteiger partial charge in [0.1, 0.15) is 6.10 Å². The molecule has 3 aromatic heterocycles. The molecule has 1 saturated heterocycles. The molecule has 3 atom stereocenters. The third-order valence-electron chi connectivity index (χ3n) is 6.14. The third-order valence-corrected chi connectivity index (χ3v) is 6.14. The maximum Gasteiger partial charge on any atom is 0.322 e. The molecule has 2 aliphatic rings. The molecule has 13 heteroatoms. The van der Waals surface area contributed by atoms with Crippen LogP contribution < -0.4 is 15.0 Å². The minimum atomic E-state index is -1.04. The van der Waals surface area contributed by atoms with E-state index >= 15 is 0 Å². The number of carbonyl (C=O) groups excluding carboxylic acids is 2. The summed E-state index contributed by atoms with van der Waals surface area (Å²) < 4.78 is 34.5. The van der Waals surface area contributed by atoms with Gasteiger partial charge in [-0.1, -0.05) is 0 Å². The minimum absolute atomic E-state index is 0.0435. The van der Waals surface area contributed by atoms with Crippen LogP contribution in [0, 0.1) is 11.9 Å². The summed E-state index contributed by atoms with van der Waals surface area (Å²) in [6.07, 6.45) is 4.41. The fourth-order valence-corrected chi connectivity index (χ4v) is 4.40. The highest BCUT2D eigenvalue weighted by atomic mass is 19.1. The molecule has 0 aromatic carbocycles. The summed E-state index contributed by atoms with van der Waals surface area (Å²) in [6, 6.07) is 2.61. The van der Waals surface area contributed by atoms with E-state index in [0.29, 0.717) is 17.9 Å². The van der Waals surface area contributed by atoms with E-state index in [2.05, 4.69) is 25.4 Å². The Morgan fingerprint density at radius 3 is 2.60 bits per heavy atom. The summed E-state index contributed by atoms with van der Waals surface area (Å²) in [5.74, 6) is -2.22. The zero-order valence-electron chi connectivity index (χ0n) is 18.9. The molecular formula is C22H22F2N8O3. The monoisotopic (exact) mass is 484 g/mol. The Balaban J connectivity index is 1.35. The Bertz CT molecular complexity index is 1250. The molecule has 5 heterocycles. The summed E-state index contributed by atoms with van der Waals surface area (Å²) in [6.45, 7) is 4.23. The van der Waals surface area contributed by atoms with E-state index in [1.807, 2.05) is 13.8 Å². The van der Waals surface area contributed by atoms with Crippen molar-refractivity contribution < 1.29 is 23.1 Å². The van der Waals surface area contributed by atoms with Gasteiger partial charge in [-0.05, 0) is 19.9 Å². The van der Waals surface area contributed by atoms with Crippen molar-refractivity contribution in [2.24, 2.45) is 0 Å². The van der Waals surface area contributed by atoms with Crippen molar-refractivity contribution in [3.63, 3.8) is 0 Å². The number of carbonyl (C=O) groups is 2. The van der Waals surface area contributed by atoms with Gasteiger partial charge in [-0.3, -0.25) is 9.48 Å². The smallest absolute Gasteiger partial charge is 0.322 e. The van der Waals surface area contributed by atoms with Crippen LogP contribution in [0.5, 0.6) is 6.01 Å². The number of hydrogen-bond acceptors (Lipinski definition) is 7. The van der Waals surface area contributed by atoms with Gasteiger partial charge in [-0.25, -0.2) is 14.8 Å². The van der Waals surface area contributed by atoms with Gasteiger partial charge in [0.05, 0.1) is 54.9 Å². The molecule has 35 heavy (non-hydrogen) atoms. The average Bonchev–Trinajstić information content (AvgIpc) is 3.32. The molecule has 182 valence electrons. The van der Waals surface area contributed by atoms with Crippen molar-refractivity contribution in [2.75, 3.05) is 10.2 Å². The quantitative estimate of drug-likeness (QED) is 0.565. The van der Waals surface area contributed by atoms with Gasteiger partial charge in [-0.2, -0.15) is 18.9 Å². The van der Waals surface area contributed by atoms with E-state index in [9.17, 15) is 18.4 Å². The minimum Gasteiger partial charge on any atom is -0.457 e. The first-order chi connectivity index (χ1) is 16.8. The van der Waals surface area contributed by atoms with E-state index in [0.717, 1.165) is 12.1 Å². The number of rotatable bonds is 4.